The first-order chi connectivity index (χ1) is 14.1. The van der Waals surface area contributed by atoms with Gasteiger partial charge in [0.25, 0.3) is 0 Å². The molecule has 0 saturated carbocycles. The van der Waals surface area contributed by atoms with Gasteiger partial charge in [-0.3, -0.25) is 0 Å². The number of nitrogens with zero attached hydrogens (tertiary/aromatic N) is 2. The first kappa shape index (κ1) is 15.6. The Morgan fingerprint density at radius 1 is 0.821 bits per heavy atom. The van der Waals surface area contributed by atoms with E-state index in [0.717, 1.165) is 50.4 Å². The van der Waals surface area contributed by atoms with E-state index in [1.165, 1.54) is 0 Å². The second-order valence-electron chi connectivity index (χ2n) is 6.91. The van der Waals surface area contributed by atoms with Crippen molar-refractivity contribution in [2.24, 2.45) is 0 Å². The second kappa shape index (κ2) is 6.62. The lowest BCUT2D eigenvalue weighted by Crippen LogP contribution is -1.93. The van der Waals surface area contributed by atoms with E-state index in [4.69, 9.17) is 6.11 Å². The normalized spacial score (nSPS) is 14.3. The third kappa shape index (κ3) is 3.17. The Labute approximate surface area is 163 Å². The molecule has 1 unspecified atom stereocenters. The Hall–Kier alpha value is -3.44. The summed E-state index contributed by atoms with van der Waals surface area (Å²) >= 11 is 0. The predicted octanol–water partition coefficient (Wildman–Crippen LogP) is 5.36. The molecule has 3 aromatic rings. The summed E-state index contributed by atoms with van der Waals surface area (Å²) in [6.07, 6.45) is 7.69. The molecular weight excluding hydrogens is 348 g/mol. The predicted molar refractivity (Wildman–Crippen MR) is 114 cm³/mol. The van der Waals surface area contributed by atoms with Crippen molar-refractivity contribution >= 4 is 46.4 Å². The molecule has 0 saturated heterocycles. The highest BCUT2D eigenvalue weighted by Gasteiger charge is 2.10. The number of rotatable bonds is 2. The van der Waals surface area contributed by atoms with Crippen LogP contribution in [0.5, 0.6) is 0 Å². The number of hydrogen-bond donors (Lipinski definition) is 2. The topological polar surface area (TPSA) is 66.6 Å². The average Bonchev–Trinajstić information content (AvgIpc) is 3.47. The number of aromatic amines is 2. The van der Waals surface area contributed by atoms with Crippen LogP contribution in [0.25, 0.3) is 46.4 Å². The molecule has 5 rings (SSSR count). The summed E-state index contributed by atoms with van der Waals surface area (Å²) in [6, 6.07) is 12.3. The van der Waals surface area contributed by atoms with Gasteiger partial charge in [0.05, 0.1) is 30.3 Å². The van der Waals surface area contributed by atoms with Gasteiger partial charge in [-0.25, -0.2) is 9.97 Å². The summed E-state index contributed by atoms with van der Waals surface area (Å²) in [6.45, 7) is 1.95. The van der Waals surface area contributed by atoms with E-state index >= 15 is 0 Å². The third-order valence-corrected chi connectivity index (χ3v) is 4.88. The fourth-order valence-corrected chi connectivity index (χ4v) is 3.40. The maximum Gasteiger partial charge on any atom is 0.0813 e. The van der Waals surface area contributed by atoms with Gasteiger partial charge in [0.1, 0.15) is 0 Å². The molecule has 1 atom stereocenters. The lowest BCUT2D eigenvalue weighted by Gasteiger charge is -2.06. The Bertz CT molecular complexity index is 1330. The number of nitrogens with one attached hydrogen (secondary N) is 2. The summed E-state index contributed by atoms with van der Waals surface area (Å²) in [5.41, 5.74) is 7.66. The number of methoxy groups -OCH3 is 1. The third-order valence-electron chi connectivity index (χ3n) is 4.88. The molecule has 0 spiro atoms. The van der Waals surface area contributed by atoms with Crippen LogP contribution in [0.3, 0.4) is 0 Å². The number of fused-ring (bicyclic) bond motifs is 8. The quantitative estimate of drug-likeness (QED) is 0.440. The second-order valence-corrected chi connectivity index (χ2v) is 6.91. The highest BCUT2D eigenvalue weighted by atomic mass is 16.5. The summed E-state index contributed by atoms with van der Waals surface area (Å²) in [7, 11) is 1.65. The van der Waals surface area contributed by atoms with E-state index < -0.39 is 0 Å². The molecule has 138 valence electrons. The maximum atomic E-state index is 8.68. The maximum absolute atomic E-state index is 8.68. The fourth-order valence-electron chi connectivity index (χ4n) is 3.40. The molecule has 2 aliphatic heterocycles. The van der Waals surface area contributed by atoms with Crippen LogP contribution in [-0.2, 0) is 4.74 Å². The van der Waals surface area contributed by atoms with E-state index in [2.05, 4.69) is 19.9 Å². The van der Waals surface area contributed by atoms with Crippen LogP contribution in [-0.4, -0.2) is 27.0 Å². The molecule has 28 heavy (non-hydrogen) atoms. The Balaban J connectivity index is 1.88. The first-order valence-corrected chi connectivity index (χ1v) is 9.20. The molecule has 0 aliphatic carbocycles. The van der Waals surface area contributed by atoms with Gasteiger partial charge >= 0.3 is 0 Å². The van der Waals surface area contributed by atoms with Crippen LogP contribution in [0.15, 0.2) is 42.4 Å². The van der Waals surface area contributed by atoms with E-state index in [1.54, 1.807) is 7.11 Å². The molecule has 0 fully saturated rings. The molecular formula is C23H20N4O. The molecule has 8 bridgehead atoms. The van der Waals surface area contributed by atoms with Crippen LogP contribution >= 0.6 is 0 Å². The Morgan fingerprint density at radius 3 is 2.11 bits per heavy atom. The smallest absolute Gasteiger partial charge is 0.0813 e. The van der Waals surface area contributed by atoms with Crippen molar-refractivity contribution in [1.29, 1.82) is 0 Å². The van der Waals surface area contributed by atoms with Crippen molar-refractivity contribution < 1.29 is 6.11 Å². The van der Waals surface area contributed by atoms with E-state index in [0.29, 0.717) is 6.04 Å². The van der Waals surface area contributed by atoms with Gasteiger partial charge in [0.2, 0.25) is 0 Å². The highest BCUT2D eigenvalue weighted by molar-refractivity contribution is 5.78. The Morgan fingerprint density at radius 2 is 1.43 bits per heavy atom. The van der Waals surface area contributed by atoms with Gasteiger partial charge in [-0.1, -0.05) is 0 Å². The van der Waals surface area contributed by atoms with Gasteiger partial charge in [-0.2, -0.15) is 0 Å². The van der Waals surface area contributed by atoms with Gasteiger partial charge in [-0.05, 0) is 73.7 Å². The van der Waals surface area contributed by atoms with Crippen molar-refractivity contribution in [3.63, 3.8) is 0 Å². The van der Waals surface area contributed by atoms with E-state index in [-0.39, 0.29) is 6.10 Å². The fraction of sp³-hybridized carbons (Fsp3) is 0.130. The van der Waals surface area contributed by atoms with Crippen molar-refractivity contribution in [3.05, 3.63) is 70.8 Å². The Kier molecular flexibility index (Phi) is 3.69. The molecule has 0 amide bonds. The SMILES string of the molecule is [2H]c1c(C(C)OC)c2cc3nc(cc4nc(cc5ccc(cc1[nH]2)[nH]5)C=C4)C=C3. The molecule has 2 N–H and O–H groups in total. The summed E-state index contributed by atoms with van der Waals surface area (Å²) in [5, 5.41) is 0. The zero-order chi connectivity index (χ0) is 20.0. The number of hydrogen-bond acceptors (Lipinski definition) is 3. The summed E-state index contributed by atoms with van der Waals surface area (Å²) < 4.78 is 14.2. The summed E-state index contributed by atoms with van der Waals surface area (Å²) in [4.78, 5) is 16.1. The summed E-state index contributed by atoms with van der Waals surface area (Å²) in [5.74, 6) is 0. The molecule has 2 aliphatic rings. The number of aromatic nitrogens is 4. The van der Waals surface area contributed by atoms with Crippen molar-refractivity contribution in [2.45, 2.75) is 13.0 Å². The average molecular weight is 369 g/mol. The largest absolute Gasteiger partial charge is 0.377 e. The van der Waals surface area contributed by atoms with Crippen LogP contribution in [0.4, 0.5) is 0 Å². The number of ether oxygens (including phenoxy) is 1. The minimum atomic E-state index is -0.214. The molecule has 5 heteroatoms. The zero-order valence-electron chi connectivity index (χ0n) is 16.7. The lowest BCUT2D eigenvalue weighted by molar-refractivity contribution is 0.121. The lowest BCUT2D eigenvalue weighted by atomic mass is 10.1. The van der Waals surface area contributed by atoms with E-state index in [9.17, 15) is 0 Å². The molecule has 3 aromatic heterocycles. The molecule has 0 aromatic carbocycles. The van der Waals surface area contributed by atoms with Crippen LogP contribution in [0, 0.1) is 0 Å². The molecule has 0 radical (unpaired) electrons. The van der Waals surface area contributed by atoms with Crippen LogP contribution < -0.4 is 0 Å². The van der Waals surface area contributed by atoms with Gasteiger partial charge in [0, 0.05) is 34.7 Å². The molecule has 5 nitrogen and oxygen atoms in total. The molecule has 5 heterocycles. The van der Waals surface area contributed by atoms with Crippen molar-refractivity contribution in [1.82, 2.24) is 19.9 Å². The minimum Gasteiger partial charge on any atom is -0.377 e. The monoisotopic (exact) mass is 369 g/mol. The van der Waals surface area contributed by atoms with E-state index in [1.807, 2.05) is 67.6 Å². The number of H-pyrrole nitrogens is 2. The first-order valence-electron chi connectivity index (χ1n) is 9.70. The van der Waals surface area contributed by atoms with Crippen LogP contribution in [0.1, 0.15) is 42.7 Å². The highest BCUT2D eigenvalue weighted by Crippen LogP contribution is 2.25. The standard InChI is InChI=1S/C23H20N4O/c1-14(28-2)22-12-21-11-19-6-5-17(25-19)9-15-3-4-16(24-15)10-18-7-8-20(26-18)13-23(22)27-21/h3-14,25,27H,1-2H3/i12D. The van der Waals surface area contributed by atoms with Gasteiger partial charge in [0.15, 0.2) is 0 Å². The van der Waals surface area contributed by atoms with Crippen molar-refractivity contribution in [3.8, 4) is 0 Å². The van der Waals surface area contributed by atoms with Gasteiger partial charge < -0.3 is 14.7 Å². The zero-order valence-corrected chi connectivity index (χ0v) is 15.7. The minimum absolute atomic E-state index is 0.214. The van der Waals surface area contributed by atoms with Crippen LogP contribution in [0.2, 0.25) is 0 Å². The van der Waals surface area contributed by atoms with Gasteiger partial charge in [-0.15, -0.1) is 0 Å². The van der Waals surface area contributed by atoms with Crippen molar-refractivity contribution in [2.75, 3.05) is 7.11 Å².